The highest BCUT2D eigenvalue weighted by molar-refractivity contribution is 5.99. The Morgan fingerprint density at radius 2 is 1.70 bits per heavy atom. The Morgan fingerprint density at radius 1 is 1.07 bits per heavy atom. The SMILES string of the molecule is CC(C)CCNC(=O)C1CC1C(=O)Nc1ccc(N2CCC(C)CC2)cc1. The predicted molar refractivity (Wildman–Crippen MR) is 110 cm³/mol. The van der Waals surface area contributed by atoms with E-state index in [1.54, 1.807) is 0 Å². The van der Waals surface area contributed by atoms with Crippen LogP contribution in [0.3, 0.4) is 0 Å². The van der Waals surface area contributed by atoms with Gasteiger partial charge in [0.05, 0.1) is 11.8 Å². The van der Waals surface area contributed by atoms with Gasteiger partial charge in [0, 0.05) is 31.0 Å². The molecule has 1 saturated carbocycles. The van der Waals surface area contributed by atoms with Gasteiger partial charge in [-0.05, 0) is 61.8 Å². The molecule has 0 bridgehead atoms. The minimum atomic E-state index is -0.188. The van der Waals surface area contributed by atoms with Crippen molar-refractivity contribution in [3.8, 4) is 0 Å². The molecule has 5 heteroatoms. The van der Waals surface area contributed by atoms with Crippen molar-refractivity contribution in [1.82, 2.24) is 5.32 Å². The molecule has 2 fully saturated rings. The first-order valence-corrected chi connectivity index (χ1v) is 10.4. The molecule has 1 heterocycles. The van der Waals surface area contributed by atoms with E-state index in [9.17, 15) is 9.59 Å². The molecule has 0 radical (unpaired) electrons. The van der Waals surface area contributed by atoms with E-state index >= 15 is 0 Å². The Labute approximate surface area is 162 Å². The molecule has 2 atom stereocenters. The van der Waals surface area contributed by atoms with E-state index in [1.807, 2.05) is 12.1 Å². The Morgan fingerprint density at radius 3 is 2.33 bits per heavy atom. The van der Waals surface area contributed by atoms with Gasteiger partial charge in [0.1, 0.15) is 0 Å². The molecule has 1 saturated heterocycles. The van der Waals surface area contributed by atoms with E-state index in [1.165, 1.54) is 18.5 Å². The fourth-order valence-corrected chi connectivity index (χ4v) is 3.65. The monoisotopic (exact) mass is 371 g/mol. The summed E-state index contributed by atoms with van der Waals surface area (Å²) in [6.45, 7) is 9.47. The highest BCUT2D eigenvalue weighted by atomic mass is 16.2. The zero-order chi connectivity index (χ0) is 19.4. The third kappa shape index (κ3) is 5.47. The normalized spacial score (nSPS) is 22.6. The molecule has 1 aliphatic heterocycles. The summed E-state index contributed by atoms with van der Waals surface area (Å²) in [5.74, 6) is 1.01. The molecule has 3 rings (SSSR count). The molecule has 2 aliphatic rings. The molecule has 0 aromatic heterocycles. The molecule has 5 nitrogen and oxygen atoms in total. The largest absolute Gasteiger partial charge is 0.372 e. The number of hydrogen-bond donors (Lipinski definition) is 2. The number of piperidine rings is 1. The van der Waals surface area contributed by atoms with Gasteiger partial charge in [-0.3, -0.25) is 9.59 Å². The van der Waals surface area contributed by atoms with Gasteiger partial charge in [0.15, 0.2) is 0 Å². The van der Waals surface area contributed by atoms with Crippen LogP contribution < -0.4 is 15.5 Å². The molecule has 2 N–H and O–H groups in total. The van der Waals surface area contributed by atoms with Gasteiger partial charge in [-0.15, -0.1) is 0 Å². The van der Waals surface area contributed by atoms with Crippen LogP contribution in [0.5, 0.6) is 0 Å². The number of nitrogens with zero attached hydrogens (tertiary/aromatic N) is 1. The fraction of sp³-hybridized carbons (Fsp3) is 0.636. The highest BCUT2D eigenvalue weighted by Gasteiger charge is 2.47. The maximum absolute atomic E-state index is 12.4. The summed E-state index contributed by atoms with van der Waals surface area (Å²) in [5, 5.41) is 5.91. The zero-order valence-electron chi connectivity index (χ0n) is 16.8. The molecule has 2 unspecified atom stereocenters. The lowest BCUT2D eigenvalue weighted by Crippen LogP contribution is -2.32. The molecule has 0 spiro atoms. The topological polar surface area (TPSA) is 61.4 Å². The van der Waals surface area contributed by atoms with Crippen molar-refractivity contribution in [2.45, 2.75) is 46.5 Å². The molecule has 1 aromatic carbocycles. The summed E-state index contributed by atoms with van der Waals surface area (Å²) in [4.78, 5) is 26.9. The Hall–Kier alpha value is -2.04. The first-order valence-electron chi connectivity index (χ1n) is 10.4. The highest BCUT2D eigenvalue weighted by Crippen LogP contribution is 2.39. The van der Waals surface area contributed by atoms with Gasteiger partial charge in [-0.25, -0.2) is 0 Å². The van der Waals surface area contributed by atoms with Crippen LogP contribution in [0.4, 0.5) is 11.4 Å². The van der Waals surface area contributed by atoms with E-state index in [0.29, 0.717) is 18.9 Å². The molecule has 2 amide bonds. The van der Waals surface area contributed by atoms with Gasteiger partial charge < -0.3 is 15.5 Å². The summed E-state index contributed by atoms with van der Waals surface area (Å²) < 4.78 is 0. The quantitative estimate of drug-likeness (QED) is 0.769. The molecule has 1 aliphatic carbocycles. The average Bonchev–Trinajstić information content (AvgIpc) is 3.44. The molecule has 148 valence electrons. The first-order chi connectivity index (χ1) is 12.9. The number of benzene rings is 1. The minimum absolute atomic E-state index is 0.0190. The lowest BCUT2D eigenvalue weighted by atomic mass is 9.99. The van der Waals surface area contributed by atoms with E-state index in [0.717, 1.165) is 31.1 Å². The van der Waals surface area contributed by atoms with Crippen molar-refractivity contribution in [1.29, 1.82) is 0 Å². The van der Waals surface area contributed by atoms with Crippen molar-refractivity contribution in [2.24, 2.45) is 23.7 Å². The molecule has 27 heavy (non-hydrogen) atoms. The summed E-state index contributed by atoms with van der Waals surface area (Å²) in [6.07, 6.45) is 4.10. The van der Waals surface area contributed by atoms with Crippen LogP contribution >= 0.6 is 0 Å². The summed E-state index contributed by atoms with van der Waals surface area (Å²) >= 11 is 0. The third-order valence-corrected chi connectivity index (χ3v) is 5.77. The number of rotatable bonds is 7. The Bertz CT molecular complexity index is 648. The van der Waals surface area contributed by atoms with Gasteiger partial charge in [-0.2, -0.15) is 0 Å². The van der Waals surface area contributed by atoms with Crippen molar-refractivity contribution < 1.29 is 9.59 Å². The van der Waals surface area contributed by atoms with Crippen LogP contribution in [0.1, 0.15) is 46.5 Å². The van der Waals surface area contributed by atoms with E-state index in [2.05, 4.69) is 48.4 Å². The van der Waals surface area contributed by atoms with Gasteiger partial charge >= 0.3 is 0 Å². The minimum Gasteiger partial charge on any atom is -0.372 e. The smallest absolute Gasteiger partial charge is 0.228 e. The summed E-state index contributed by atoms with van der Waals surface area (Å²) in [7, 11) is 0. The number of anilines is 2. The summed E-state index contributed by atoms with van der Waals surface area (Å²) in [5.41, 5.74) is 2.02. The average molecular weight is 372 g/mol. The lowest BCUT2D eigenvalue weighted by Gasteiger charge is -2.32. The Kier molecular flexibility index (Phi) is 6.40. The van der Waals surface area contributed by atoms with Crippen LogP contribution in [0.15, 0.2) is 24.3 Å². The molecule has 1 aromatic rings. The number of nitrogens with one attached hydrogen (secondary N) is 2. The van der Waals surface area contributed by atoms with Crippen LogP contribution in [0.2, 0.25) is 0 Å². The second-order valence-corrected chi connectivity index (χ2v) is 8.63. The van der Waals surface area contributed by atoms with Crippen LogP contribution in [0, 0.1) is 23.7 Å². The van der Waals surface area contributed by atoms with Crippen molar-refractivity contribution in [2.75, 3.05) is 29.9 Å². The van der Waals surface area contributed by atoms with E-state index in [4.69, 9.17) is 0 Å². The zero-order valence-corrected chi connectivity index (χ0v) is 16.8. The van der Waals surface area contributed by atoms with Gasteiger partial charge in [0.2, 0.25) is 11.8 Å². The van der Waals surface area contributed by atoms with Crippen LogP contribution in [-0.2, 0) is 9.59 Å². The van der Waals surface area contributed by atoms with Crippen LogP contribution in [0.25, 0.3) is 0 Å². The lowest BCUT2D eigenvalue weighted by molar-refractivity contribution is -0.125. The first kappa shape index (κ1) is 19.7. The number of carbonyl (C=O) groups is 2. The molecular weight excluding hydrogens is 338 g/mol. The van der Waals surface area contributed by atoms with Crippen molar-refractivity contribution in [3.63, 3.8) is 0 Å². The fourth-order valence-electron chi connectivity index (χ4n) is 3.65. The second-order valence-electron chi connectivity index (χ2n) is 8.63. The number of carbonyl (C=O) groups excluding carboxylic acids is 2. The summed E-state index contributed by atoms with van der Waals surface area (Å²) in [6, 6.07) is 8.08. The second kappa shape index (κ2) is 8.77. The van der Waals surface area contributed by atoms with Gasteiger partial charge in [0.25, 0.3) is 0 Å². The van der Waals surface area contributed by atoms with Crippen molar-refractivity contribution >= 4 is 23.2 Å². The van der Waals surface area contributed by atoms with E-state index in [-0.39, 0.29) is 23.7 Å². The number of hydrogen-bond acceptors (Lipinski definition) is 3. The van der Waals surface area contributed by atoms with Crippen LogP contribution in [-0.4, -0.2) is 31.4 Å². The van der Waals surface area contributed by atoms with E-state index < -0.39 is 0 Å². The number of amides is 2. The Balaban J connectivity index is 1.44. The maximum atomic E-state index is 12.4. The maximum Gasteiger partial charge on any atom is 0.228 e. The van der Waals surface area contributed by atoms with Gasteiger partial charge in [-0.1, -0.05) is 20.8 Å². The molecular formula is C22H33N3O2. The predicted octanol–water partition coefficient (Wildman–Crippen LogP) is 3.66. The van der Waals surface area contributed by atoms with Crippen molar-refractivity contribution in [3.05, 3.63) is 24.3 Å². The standard InChI is InChI=1S/C22H33N3O2/c1-15(2)8-11-23-21(26)19-14-20(19)22(27)24-17-4-6-18(7-5-17)25-12-9-16(3)10-13-25/h4-7,15-16,19-20H,8-14H2,1-3H3,(H,23,26)(H,24,27). The third-order valence-electron chi connectivity index (χ3n) is 5.77.